The summed E-state index contributed by atoms with van der Waals surface area (Å²) in [7, 11) is 1.45. The third-order valence-electron chi connectivity index (χ3n) is 3.46. The highest BCUT2D eigenvalue weighted by Gasteiger charge is 2.13. The second-order valence-electron chi connectivity index (χ2n) is 5.03. The van der Waals surface area contributed by atoms with Crippen molar-refractivity contribution in [1.29, 1.82) is 0 Å². The molecule has 0 saturated heterocycles. The van der Waals surface area contributed by atoms with Crippen LogP contribution in [0.3, 0.4) is 0 Å². The van der Waals surface area contributed by atoms with E-state index in [1.54, 1.807) is 34.8 Å². The minimum Gasteiger partial charge on any atom is -0.494 e. The van der Waals surface area contributed by atoms with Gasteiger partial charge in [-0.25, -0.2) is 14.4 Å². The second kappa shape index (κ2) is 6.95. The van der Waals surface area contributed by atoms with Gasteiger partial charge in [-0.2, -0.15) is 0 Å². The Balaban J connectivity index is 1.63. The first-order valence-electron chi connectivity index (χ1n) is 7.15. The molecule has 0 saturated carbocycles. The molecule has 3 nitrogen and oxygen atoms in total. The number of halogens is 2. The van der Waals surface area contributed by atoms with Crippen LogP contribution in [0.4, 0.5) is 4.39 Å². The Bertz CT molecular complexity index is 1040. The van der Waals surface area contributed by atoms with Crippen LogP contribution in [0.25, 0.3) is 31.8 Å². The molecule has 0 spiro atoms. The minimum absolute atomic E-state index is 0.228. The van der Waals surface area contributed by atoms with Crippen LogP contribution in [-0.4, -0.2) is 17.1 Å². The monoisotopic (exact) mass is 452 g/mol. The molecule has 0 fully saturated rings. The minimum atomic E-state index is -0.394. The number of nitrogens with zero attached hydrogens (tertiary/aromatic N) is 2. The largest absolute Gasteiger partial charge is 0.494 e. The SMILES string of the molecule is COc1ccc(-c2csc(-c3nc(-c4ccc(Br)s4)cs3)n2)cc1F. The van der Waals surface area contributed by atoms with E-state index < -0.39 is 5.82 Å². The maximum atomic E-state index is 13.9. The number of hydrogen-bond donors (Lipinski definition) is 0. The van der Waals surface area contributed by atoms with Crippen molar-refractivity contribution in [2.24, 2.45) is 0 Å². The summed E-state index contributed by atoms with van der Waals surface area (Å²) in [5.74, 6) is -0.166. The van der Waals surface area contributed by atoms with Crippen molar-refractivity contribution in [1.82, 2.24) is 9.97 Å². The van der Waals surface area contributed by atoms with Crippen LogP contribution in [0.5, 0.6) is 5.75 Å². The highest BCUT2D eigenvalue weighted by molar-refractivity contribution is 9.11. The molecule has 25 heavy (non-hydrogen) atoms. The van der Waals surface area contributed by atoms with E-state index in [-0.39, 0.29) is 5.75 Å². The highest BCUT2D eigenvalue weighted by Crippen LogP contribution is 2.36. The van der Waals surface area contributed by atoms with Crippen molar-refractivity contribution in [3.8, 4) is 37.6 Å². The number of rotatable bonds is 4. The van der Waals surface area contributed by atoms with E-state index >= 15 is 0 Å². The average molecular weight is 453 g/mol. The third kappa shape index (κ3) is 3.39. The zero-order chi connectivity index (χ0) is 17.4. The van der Waals surface area contributed by atoms with Crippen molar-refractivity contribution >= 4 is 49.9 Å². The molecule has 1 aromatic carbocycles. The summed E-state index contributed by atoms with van der Waals surface area (Å²) >= 11 is 8.18. The Labute approximate surface area is 163 Å². The maximum absolute atomic E-state index is 13.9. The molecule has 3 aromatic heterocycles. The first-order chi connectivity index (χ1) is 12.1. The Morgan fingerprint density at radius 3 is 2.36 bits per heavy atom. The molecule has 0 N–H and O–H groups in total. The molecule has 4 aromatic rings. The van der Waals surface area contributed by atoms with E-state index in [2.05, 4.69) is 25.9 Å². The predicted octanol–water partition coefficient (Wildman–Crippen LogP) is 6.57. The number of benzene rings is 1. The fourth-order valence-corrected chi connectivity index (χ4v) is 5.39. The Morgan fingerprint density at radius 1 is 1.00 bits per heavy atom. The lowest BCUT2D eigenvalue weighted by Crippen LogP contribution is -1.88. The highest BCUT2D eigenvalue weighted by atomic mass is 79.9. The molecule has 8 heteroatoms. The van der Waals surface area contributed by atoms with Crippen LogP contribution in [0.15, 0.2) is 44.9 Å². The summed E-state index contributed by atoms with van der Waals surface area (Å²) in [6, 6.07) is 8.91. The zero-order valence-electron chi connectivity index (χ0n) is 12.8. The smallest absolute Gasteiger partial charge is 0.165 e. The first-order valence-corrected chi connectivity index (χ1v) is 10.5. The van der Waals surface area contributed by atoms with Gasteiger partial charge in [0.2, 0.25) is 0 Å². The summed E-state index contributed by atoms with van der Waals surface area (Å²) in [5, 5.41) is 5.64. The predicted molar refractivity (Wildman–Crippen MR) is 106 cm³/mol. The van der Waals surface area contributed by atoms with E-state index in [1.165, 1.54) is 24.5 Å². The van der Waals surface area contributed by atoms with E-state index in [9.17, 15) is 4.39 Å². The molecule has 0 aliphatic heterocycles. The topological polar surface area (TPSA) is 35.0 Å². The molecule has 3 heterocycles. The molecule has 0 bridgehead atoms. The van der Waals surface area contributed by atoms with Gasteiger partial charge in [0.1, 0.15) is 0 Å². The van der Waals surface area contributed by atoms with Crippen LogP contribution < -0.4 is 4.74 Å². The van der Waals surface area contributed by atoms with Gasteiger partial charge in [0, 0.05) is 16.3 Å². The molecular weight excluding hydrogens is 443 g/mol. The summed E-state index contributed by atoms with van der Waals surface area (Å²) in [4.78, 5) is 10.4. The second-order valence-corrected chi connectivity index (χ2v) is 9.21. The van der Waals surface area contributed by atoms with Gasteiger partial charge in [-0.1, -0.05) is 0 Å². The van der Waals surface area contributed by atoms with Gasteiger partial charge in [-0.15, -0.1) is 34.0 Å². The number of thiophene rings is 1. The van der Waals surface area contributed by atoms with Crippen LogP contribution in [-0.2, 0) is 0 Å². The third-order valence-corrected chi connectivity index (χ3v) is 6.94. The Hall–Kier alpha value is -1.61. The molecular formula is C17H10BrFN2OS3. The summed E-state index contributed by atoms with van der Waals surface area (Å²) in [6.07, 6.45) is 0. The van der Waals surface area contributed by atoms with Gasteiger partial charge in [0.15, 0.2) is 21.6 Å². The first kappa shape index (κ1) is 16.8. The average Bonchev–Trinajstić information content (AvgIpc) is 3.34. The Morgan fingerprint density at radius 2 is 1.72 bits per heavy atom. The van der Waals surface area contributed by atoms with Crippen LogP contribution in [0.2, 0.25) is 0 Å². The molecule has 0 atom stereocenters. The number of methoxy groups -OCH3 is 1. The standard InChI is InChI=1S/C17H10BrFN2OS3/c1-22-13-3-2-9(6-10(13)19)11-7-23-16(20-11)17-21-12(8-24-17)14-4-5-15(18)25-14/h2-8H,1H3. The number of hydrogen-bond acceptors (Lipinski definition) is 6. The van der Waals surface area contributed by atoms with E-state index in [0.717, 1.165) is 35.6 Å². The van der Waals surface area contributed by atoms with Gasteiger partial charge in [0.25, 0.3) is 0 Å². The van der Waals surface area contributed by atoms with Crippen molar-refractivity contribution in [3.05, 3.63) is 50.7 Å². The Kier molecular flexibility index (Phi) is 4.68. The van der Waals surface area contributed by atoms with Crippen LogP contribution >= 0.6 is 49.9 Å². The van der Waals surface area contributed by atoms with Gasteiger partial charge in [-0.05, 0) is 46.3 Å². The lowest BCUT2D eigenvalue weighted by Gasteiger charge is -2.02. The van der Waals surface area contributed by atoms with Crippen LogP contribution in [0.1, 0.15) is 0 Å². The quantitative estimate of drug-likeness (QED) is 0.351. The lowest BCUT2D eigenvalue weighted by molar-refractivity contribution is 0.386. The van der Waals surface area contributed by atoms with Crippen molar-refractivity contribution in [2.45, 2.75) is 0 Å². The number of aromatic nitrogens is 2. The number of ether oxygens (including phenoxy) is 1. The molecule has 0 amide bonds. The molecule has 4 rings (SSSR count). The fourth-order valence-electron chi connectivity index (χ4n) is 2.27. The van der Waals surface area contributed by atoms with Gasteiger partial charge in [-0.3, -0.25) is 0 Å². The summed E-state index contributed by atoms with van der Waals surface area (Å²) in [5.41, 5.74) is 2.40. The number of thiazole rings is 2. The van der Waals surface area contributed by atoms with E-state index in [4.69, 9.17) is 4.74 Å². The summed E-state index contributed by atoms with van der Waals surface area (Å²) in [6.45, 7) is 0. The van der Waals surface area contributed by atoms with Crippen molar-refractivity contribution in [3.63, 3.8) is 0 Å². The molecule has 126 valence electrons. The molecule has 0 radical (unpaired) electrons. The van der Waals surface area contributed by atoms with Crippen LogP contribution in [0, 0.1) is 5.82 Å². The lowest BCUT2D eigenvalue weighted by atomic mass is 10.1. The van der Waals surface area contributed by atoms with Gasteiger partial charge in [0.05, 0.1) is 27.2 Å². The van der Waals surface area contributed by atoms with Gasteiger partial charge >= 0.3 is 0 Å². The van der Waals surface area contributed by atoms with Crippen molar-refractivity contribution < 1.29 is 9.13 Å². The molecule has 0 unspecified atom stereocenters. The molecule has 0 aliphatic carbocycles. The maximum Gasteiger partial charge on any atom is 0.165 e. The van der Waals surface area contributed by atoms with E-state index in [1.807, 2.05) is 22.9 Å². The molecule has 0 aliphatic rings. The van der Waals surface area contributed by atoms with Crippen molar-refractivity contribution in [2.75, 3.05) is 7.11 Å². The zero-order valence-corrected chi connectivity index (χ0v) is 16.9. The normalized spacial score (nSPS) is 11.0. The summed E-state index contributed by atoms with van der Waals surface area (Å²) < 4.78 is 19.9. The van der Waals surface area contributed by atoms with Gasteiger partial charge < -0.3 is 4.74 Å². The van der Waals surface area contributed by atoms with E-state index in [0.29, 0.717) is 0 Å². The fraction of sp³-hybridized carbons (Fsp3) is 0.0588.